The molecule has 152 valence electrons. The van der Waals surface area contributed by atoms with Gasteiger partial charge in [0.2, 0.25) is 5.91 Å². The summed E-state index contributed by atoms with van der Waals surface area (Å²) < 4.78 is 4.87. The normalized spacial score (nSPS) is 13.7. The van der Waals surface area contributed by atoms with E-state index in [1.165, 1.54) is 4.68 Å². The Morgan fingerprint density at radius 2 is 1.90 bits per heavy atom. The molecule has 0 spiro atoms. The number of nitrogens with zero attached hydrogens (tertiary/aromatic N) is 5. The third-order valence-corrected chi connectivity index (χ3v) is 5.48. The van der Waals surface area contributed by atoms with Gasteiger partial charge in [-0.3, -0.25) is 9.36 Å². The Bertz CT molecular complexity index is 1080. The molecule has 3 heterocycles. The van der Waals surface area contributed by atoms with E-state index in [0.29, 0.717) is 13.1 Å². The summed E-state index contributed by atoms with van der Waals surface area (Å²) in [6.07, 6.45) is 3.92. The van der Waals surface area contributed by atoms with Crippen molar-refractivity contribution in [1.82, 2.24) is 29.4 Å². The smallest absolute Gasteiger partial charge is 0.346 e. The zero-order chi connectivity index (χ0) is 20.4. The molecule has 0 unspecified atom stereocenters. The average molecular weight is 394 g/mol. The molecule has 4 rings (SSSR count). The Balaban J connectivity index is 1.45. The molecule has 0 saturated carbocycles. The lowest BCUT2D eigenvalue weighted by molar-refractivity contribution is -0.122. The van der Waals surface area contributed by atoms with E-state index in [-0.39, 0.29) is 18.1 Å². The van der Waals surface area contributed by atoms with E-state index in [1.54, 1.807) is 4.57 Å². The molecule has 1 aromatic carbocycles. The molecule has 1 N–H and O–H groups in total. The highest BCUT2D eigenvalue weighted by Crippen LogP contribution is 2.17. The van der Waals surface area contributed by atoms with Gasteiger partial charge in [-0.25, -0.2) is 14.2 Å². The molecular weight excluding hydrogens is 368 g/mol. The fourth-order valence-electron chi connectivity index (χ4n) is 3.86. The van der Waals surface area contributed by atoms with Crippen LogP contribution in [0.2, 0.25) is 0 Å². The van der Waals surface area contributed by atoms with Crippen molar-refractivity contribution in [1.29, 1.82) is 0 Å². The zero-order valence-electron chi connectivity index (χ0n) is 16.9. The van der Waals surface area contributed by atoms with Crippen LogP contribution in [0.15, 0.2) is 35.1 Å². The molecule has 3 aromatic rings. The first kappa shape index (κ1) is 19.2. The minimum absolute atomic E-state index is 0.0657. The predicted octanol–water partition coefficient (Wildman–Crippen LogP) is 1.89. The Morgan fingerprint density at radius 3 is 2.69 bits per heavy atom. The SMILES string of the molecule is Cc1nn(-c2ccccc2)c(C)c1CNC(=O)Cn1nc2n(c1=O)CCCCC2. The number of benzene rings is 1. The Kier molecular flexibility index (Phi) is 5.33. The average Bonchev–Trinajstić information content (AvgIpc) is 3.04. The number of aromatic nitrogens is 5. The maximum Gasteiger partial charge on any atom is 0.346 e. The Morgan fingerprint density at radius 1 is 1.10 bits per heavy atom. The largest absolute Gasteiger partial charge is 0.350 e. The van der Waals surface area contributed by atoms with Gasteiger partial charge in [0.15, 0.2) is 0 Å². The highest BCUT2D eigenvalue weighted by molar-refractivity contribution is 5.75. The van der Waals surface area contributed by atoms with Gasteiger partial charge in [-0.1, -0.05) is 24.6 Å². The van der Waals surface area contributed by atoms with Gasteiger partial charge in [0.1, 0.15) is 12.4 Å². The summed E-state index contributed by atoms with van der Waals surface area (Å²) in [5.74, 6) is 0.558. The molecule has 1 amide bonds. The minimum Gasteiger partial charge on any atom is -0.350 e. The topological polar surface area (TPSA) is 86.7 Å². The molecule has 0 fully saturated rings. The molecular formula is C21H26N6O2. The second kappa shape index (κ2) is 8.06. The number of rotatable bonds is 5. The van der Waals surface area contributed by atoms with Crippen LogP contribution in [0.5, 0.6) is 0 Å². The first-order chi connectivity index (χ1) is 14.0. The number of hydrogen-bond acceptors (Lipinski definition) is 4. The van der Waals surface area contributed by atoms with Gasteiger partial charge in [0.25, 0.3) is 0 Å². The second-order valence-corrected chi connectivity index (χ2v) is 7.49. The molecule has 0 atom stereocenters. The van der Waals surface area contributed by atoms with Crippen LogP contribution in [0.3, 0.4) is 0 Å². The van der Waals surface area contributed by atoms with Crippen molar-refractivity contribution >= 4 is 5.91 Å². The van der Waals surface area contributed by atoms with E-state index in [0.717, 1.165) is 54.1 Å². The van der Waals surface area contributed by atoms with Gasteiger partial charge in [-0.05, 0) is 38.8 Å². The zero-order valence-corrected chi connectivity index (χ0v) is 16.9. The van der Waals surface area contributed by atoms with Gasteiger partial charge in [0.05, 0.1) is 11.4 Å². The van der Waals surface area contributed by atoms with Crippen molar-refractivity contribution in [2.45, 2.75) is 59.2 Å². The maximum atomic E-state index is 12.5. The van der Waals surface area contributed by atoms with Gasteiger partial charge in [-0.2, -0.15) is 10.2 Å². The maximum absolute atomic E-state index is 12.5. The lowest BCUT2D eigenvalue weighted by Gasteiger charge is -2.07. The fourth-order valence-corrected chi connectivity index (χ4v) is 3.86. The lowest BCUT2D eigenvalue weighted by atomic mass is 10.2. The van der Waals surface area contributed by atoms with Crippen LogP contribution in [-0.4, -0.2) is 30.0 Å². The molecule has 8 heteroatoms. The number of aryl methyl sites for hydroxylation is 2. The van der Waals surface area contributed by atoms with E-state index in [2.05, 4.69) is 15.5 Å². The van der Waals surface area contributed by atoms with Gasteiger partial charge >= 0.3 is 5.69 Å². The van der Waals surface area contributed by atoms with Crippen molar-refractivity contribution in [3.05, 3.63) is 63.6 Å². The lowest BCUT2D eigenvalue weighted by Crippen LogP contribution is -2.33. The van der Waals surface area contributed by atoms with Gasteiger partial charge in [0, 0.05) is 30.8 Å². The summed E-state index contributed by atoms with van der Waals surface area (Å²) >= 11 is 0. The first-order valence-corrected chi connectivity index (χ1v) is 10.1. The highest BCUT2D eigenvalue weighted by atomic mass is 16.2. The summed E-state index contributed by atoms with van der Waals surface area (Å²) in [5, 5.41) is 11.9. The fraction of sp³-hybridized carbons (Fsp3) is 0.429. The molecule has 0 aliphatic carbocycles. The second-order valence-electron chi connectivity index (χ2n) is 7.49. The number of para-hydroxylation sites is 1. The van der Waals surface area contributed by atoms with Gasteiger partial charge < -0.3 is 5.32 Å². The monoisotopic (exact) mass is 394 g/mol. The number of carbonyl (C=O) groups excluding carboxylic acids is 1. The number of carbonyl (C=O) groups is 1. The van der Waals surface area contributed by atoms with E-state index in [1.807, 2.05) is 48.9 Å². The van der Waals surface area contributed by atoms with E-state index >= 15 is 0 Å². The van der Waals surface area contributed by atoms with Crippen molar-refractivity contribution in [2.75, 3.05) is 0 Å². The first-order valence-electron chi connectivity index (χ1n) is 10.1. The quantitative estimate of drug-likeness (QED) is 0.716. The third kappa shape index (κ3) is 3.87. The summed E-state index contributed by atoms with van der Waals surface area (Å²) in [6.45, 7) is 4.92. The van der Waals surface area contributed by atoms with Crippen LogP contribution in [0.1, 0.15) is 42.0 Å². The van der Waals surface area contributed by atoms with Gasteiger partial charge in [-0.15, -0.1) is 0 Å². The molecule has 29 heavy (non-hydrogen) atoms. The van der Waals surface area contributed by atoms with Crippen LogP contribution < -0.4 is 11.0 Å². The summed E-state index contributed by atoms with van der Waals surface area (Å²) in [6, 6.07) is 9.90. The van der Waals surface area contributed by atoms with Crippen LogP contribution in [0, 0.1) is 13.8 Å². The van der Waals surface area contributed by atoms with E-state index in [4.69, 9.17) is 0 Å². The molecule has 0 radical (unpaired) electrons. The number of amides is 1. The van der Waals surface area contributed by atoms with E-state index < -0.39 is 0 Å². The highest BCUT2D eigenvalue weighted by Gasteiger charge is 2.18. The molecule has 2 aromatic heterocycles. The van der Waals surface area contributed by atoms with Crippen LogP contribution >= 0.6 is 0 Å². The summed E-state index contributed by atoms with van der Waals surface area (Å²) in [5.41, 5.74) is 3.63. The standard InChI is InChI=1S/C21H26N6O2/c1-15-18(16(2)27(23-15)17-9-5-3-6-10-17)13-22-20(28)14-26-21(29)25-12-8-4-7-11-19(25)24-26/h3,5-6,9-10H,4,7-8,11-14H2,1-2H3,(H,22,28). The van der Waals surface area contributed by atoms with Crippen LogP contribution in [0.4, 0.5) is 0 Å². The van der Waals surface area contributed by atoms with Crippen molar-refractivity contribution < 1.29 is 4.79 Å². The number of fused-ring (bicyclic) bond motifs is 1. The Labute approximate surface area is 169 Å². The molecule has 1 aliphatic rings. The third-order valence-electron chi connectivity index (χ3n) is 5.48. The molecule has 0 saturated heterocycles. The molecule has 8 nitrogen and oxygen atoms in total. The van der Waals surface area contributed by atoms with Crippen molar-refractivity contribution in [3.8, 4) is 5.69 Å². The Hall–Kier alpha value is -3.16. The summed E-state index contributed by atoms with van der Waals surface area (Å²) in [7, 11) is 0. The molecule has 0 bridgehead atoms. The predicted molar refractivity (Wildman–Crippen MR) is 109 cm³/mol. The number of hydrogen-bond donors (Lipinski definition) is 1. The summed E-state index contributed by atoms with van der Waals surface area (Å²) in [4.78, 5) is 25.0. The minimum atomic E-state index is -0.230. The van der Waals surface area contributed by atoms with Crippen molar-refractivity contribution in [3.63, 3.8) is 0 Å². The molecule has 1 aliphatic heterocycles. The number of nitrogens with one attached hydrogen (secondary N) is 1. The van der Waals surface area contributed by atoms with Crippen LogP contribution in [-0.2, 0) is 30.8 Å². The van der Waals surface area contributed by atoms with Crippen LogP contribution in [0.25, 0.3) is 5.69 Å². The van der Waals surface area contributed by atoms with Crippen molar-refractivity contribution in [2.24, 2.45) is 0 Å². The van der Waals surface area contributed by atoms with E-state index in [9.17, 15) is 9.59 Å².